The van der Waals surface area contributed by atoms with Crippen molar-refractivity contribution >= 4 is 17.3 Å². The molecule has 3 fully saturated rings. The lowest BCUT2D eigenvalue weighted by molar-refractivity contribution is -0.170. The standard InChI is InChI=1S/C21H28O5/c1-19-7-5-13(23)9-12(19)3-4-14-15-6-8-21(26,17(25)11-22)20(15,2)10-16(24)18(14)19/h9,14-15,18,22,26H,3-8,10-11H2,1-2H3/t14-,15-,18+,19+,20+,21-/m1/s1. The normalized spacial score (nSPS) is 47.7. The van der Waals surface area contributed by atoms with Crippen LogP contribution in [0.1, 0.15) is 58.8 Å². The van der Waals surface area contributed by atoms with E-state index in [4.69, 9.17) is 0 Å². The smallest absolute Gasteiger partial charge is 0.190 e. The highest BCUT2D eigenvalue weighted by atomic mass is 16.3. The van der Waals surface area contributed by atoms with Gasteiger partial charge in [0.1, 0.15) is 18.0 Å². The maximum atomic E-state index is 13.3. The first kappa shape index (κ1) is 18.1. The summed E-state index contributed by atoms with van der Waals surface area (Å²) in [6.07, 6.45) is 5.83. The maximum absolute atomic E-state index is 13.3. The van der Waals surface area contributed by atoms with Crippen LogP contribution in [0.5, 0.6) is 0 Å². The van der Waals surface area contributed by atoms with E-state index in [-0.39, 0.29) is 41.2 Å². The largest absolute Gasteiger partial charge is 0.388 e. The lowest BCUT2D eigenvalue weighted by Gasteiger charge is -2.57. The molecule has 0 heterocycles. The summed E-state index contributed by atoms with van der Waals surface area (Å²) in [5.41, 5.74) is -1.55. The van der Waals surface area contributed by atoms with E-state index in [0.717, 1.165) is 18.4 Å². The zero-order valence-corrected chi connectivity index (χ0v) is 15.6. The molecule has 4 aliphatic rings. The van der Waals surface area contributed by atoms with Crippen LogP contribution >= 0.6 is 0 Å². The first-order valence-electron chi connectivity index (χ1n) is 9.80. The van der Waals surface area contributed by atoms with Gasteiger partial charge < -0.3 is 10.2 Å². The molecular weight excluding hydrogens is 332 g/mol. The molecule has 0 aromatic heterocycles. The molecule has 0 amide bonds. The van der Waals surface area contributed by atoms with Gasteiger partial charge in [-0.2, -0.15) is 0 Å². The van der Waals surface area contributed by atoms with Crippen LogP contribution in [-0.4, -0.2) is 39.8 Å². The van der Waals surface area contributed by atoms with Gasteiger partial charge in [0.25, 0.3) is 0 Å². The summed E-state index contributed by atoms with van der Waals surface area (Å²) in [5, 5.41) is 20.5. The summed E-state index contributed by atoms with van der Waals surface area (Å²) in [5.74, 6) is -0.172. The molecule has 5 nitrogen and oxygen atoms in total. The highest BCUT2D eigenvalue weighted by Crippen LogP contribution is 2.66. The highest BCUT2D eigenvalue weighted by Gasteiger charge is 2.68. The van der Waals surface area contributed by atoms with Crippen LogP contribution in [-0.2, 0) is 14.4 Å². The van der Waals surface area contributed by atoms with Crippen LogP contribution in [0.2, 0.25) is 0 Å². The second kappa shape index (κ2) is 5.59. The average Bonchev–Trinajstić information content (AvgIpc) is 2.86. The van der Waals surface area contributed by atoms with Crippen molar-refractivity contribution in [1.82, 2.24) is 0 Å². The molecule has 0 aliphatic heterocycles. The Balaban J connectivity index is 1.75. The molecule has 26 heavy (non-hydrogen) atoms. The van der Waals surface area contributed by atoms with Crippen LogP contribution in [0.3, 0.4) is 0 Å². The van der Waals surface area contributed by atoms with Gasteiger partial charge >= 0.3 is 0 Å². The van der Waals surface area contributed by atoms with Gasteiger partial charge in [-0.05, 0) is 55.4 Å². The number of fused-ring (bicyclic) bond motifs is 5. The van der Waals surface area contributed by atoms with Gasteiger partial charge in [0, 0.05) is 24.2 Å². The Labute approximate surface area is 153 Å². The number of allylic oxidation sites excluding steroid dienone is 1. The molecule has 2 N–H and O–H groups in total. The molecule has 0 aromatic rings. The minimum absolute atomic E-state index is 0.0988. The zero-order chi connectivity index (χ0) is 18.9. The minimum atomic E-state index is -1.60. The van der Waals surface area contributed by atoms with Crippen molar-refractivity contribution < 1.29 is 24.6 Å². The van der Waals surface area contributed by atoms with Crippen LogP contribution in [0.4, 0.5) is 0 Å². The first-order valence-corrected chi connectivity index (χ1v) is 9.80. The van der Waals surface area contributed by atoms with E-state index in [2.05, 4.69) is 6.92 Å². The van der Waals surface area contributed by atoms with Crippen molar-refractivity contribution in [1.29, 1.82) is 0 Å². The molecule has 0 spiro atoms. The second-order valence-electron chi connectivity index (χ2n) is 9.38. The summed E-state index contributed by atoms with van der Waals surface area (Å²) >= 11 is 0. The topological polar surface area (TPSA) is 91.7 Å². The molecule has 0 radical (unpaired) electrons. The maximum Gasteiger partial charge on any atom is 0.190 e. The summed E-state index contributed by atoms with van der Waals surface area (Å²) < 4.78 is 0. The lowest BCUT2D eigenvalue weighted by atomic mass is 9.46. The van der Waals surface area contributed by atoms with Crippen molar-refractivity contribution in [2.45, 2.75) is 64.4 Å². The third-order valence-electron chi connectivity index (χ3n) is 8.41. The van der Waals surface area contributed by atoms with Crippen molar-refractivity contribution in [3.63, 3.8) is 0 Å². The van der Waals surface area contributed by atoms with Gasteiger partial charge in [0.15, 0.2) is 11.6 Å². The fourth-order valence-electron chi connectivity index (χ4n) is 6.98. The number of ketones is 3. The lowest BCUT2D eigenvalue weighted by Crippen LogP contribution is -2.60. The van der Waals surface area contributed by atoms with Gasteiger partial charge in [0.2, 0.25) is 0 Å². The summed E-state index contributed by atoms with van der Waals surface area (Å²) in [4.78, 5) is 37.5. The Morgan fingerprint density at radius 1 is 1.19 bits per heavy atom. The minimum Gasteiger partial charge on any atom is -0.388 e. The van der Waals surface area contributed by atoms with Crippen molar-refractivity contribution in [2.24, 2.45) is 28.6 Å². The molecule has 4 rings (SSSR count). The average molecular weight is 360 g/mol. The molecule has 0 aromatic carbocycles. The predicted molar refractivity (Wildman–Crippen MR) is 94.1 cm³/mol. The van der Waals surface area contributed by atoms with E-state index in [9.17, 15) is 24.6 Å². The fraction of sp³-hybridized carbons (Fsp3) is 0.762. The third-order valence-corrected chi connectivity index (χ3v) is 8.41. The molecule has 0 unspecified atom stereocenters. The number of carbonyl (C=O) groups excluding carboxylic acids is 3. The van der Waals surface area contributed by atoms with E-state index in [1.807, 2.05) is 6.92 Å². The first-order chi connectivity index (χ1) is 12.2. The second-order valence-corrected chi connectivity index (χ2v) is 9.38. The van der Waals surface area contributed by atoms with Crippen molar-refractivity contribution in [2.75, 3.05) is 6.61 Å². The molecule has 3 saturated carbocycles. The van der Waals surface area contributed by atoms with E-state index < -0.39 is 23.4 Å². The Kier molecular flexibility index (Phi) is 3.88. The van der Waals surface area contributed by atoms with Gasteiger partial charge in [-0.3, -0.25) is 14.4 Å². The molecular formula is C21H28O5. The van der Waals surface area contributed by atoms with E-state index >= 15 is 0 Å². The van der Waals surface area contributed by atoms with Crippen LogP contribution < -0.4 is 0 Å². The Hall–Kier alpha value is -1.33. The van der Waals surface area contributed by atoms with Crippen LogP contribution in [0.15, 0.2) is 11.6 Å². The van der Waals surface area contributed by atoms with Gasteiger partial charge in [0.05, 0.1) is 0 Å². The van der Waals surface area contributed by atoms with Crippen molar-refractivity contribution in [3.8, 4) is 0 Å². The Morgan fingerprint density at radius 2 is 1.92 bits per heavy atom. The summed E-state index contributed by atoms with van der Waals surface area (Å²) in [6, 6.07) is 0. The molecule has 142 valence electrons. The number of hydrogen-bond donors (Lipinski definition) is 2. The van der Waals surface area contributed by atoms with E-state index in [1.54, 1.807) is 6.08 Å². The van der Waals surface area contributed by atoms with E-state index in [1.165, 1.54) is 0 Å². The summed E-state index contributed by atoms with van der Waals surface area (Å²) in [6.45, 7) is 3.31. The highest BCUT2D eigenvalue weighted by molar-refractivity contribution is 5.94. The van der Waals surface area contributed by atoms with Gasteiger partial charge in [-0.1, -0.05) is 19.4 Å². The number of hydrogen-bond acceptors (Lipinski definition) is 5. The monoisotopic (exact) mass is 360 g/mol. The number of aliphatic hydroxyl groups is 2. The quantitative estimate of drug-likeness (QED) is 0.786. The van der Waals surface area contributed by atoms with Crippen molar-refractivity contribution in [3.05, 3.63) is 11.6 Å². The predicted octanol–water partition coefficient (Wildman–Crippen LogP) is 1.99. The number of aliphatic hydroxyl groups excluding tert-OH is 1. The molecule has 0 bridgehead atoms. The molecule has 4 aliphatic carbocycles. The number of rotatable bonds is 2. The Morgan fingerprint density at radius 3 is 2.62 bits per heavy atom. The number of carbonyl (C=O) groups is 3. The third kappa shape index (κ3) is 2.07. The van der Waals surface area contributed by atoms with E-state index in [0.29, 0.717) is 25.7 Å². The molecule has 6 atom stereocenters. The molecule has 5 heteroatoms. The Bertz CT molecular complexity index is 724. The van der Waals surface area contributed by atoms with Gasteiger partial charge in [-0.25, -0.2) is 0 Å². The molecule has 0 saturated heterocycles. The zero-order valence-electron chi connectivity index (χ0n) is 15.6. The van der Waals surface area contributed by atoms with Crippen LogP contribution in [0.25, 0.3) is 0 Å². The summed E-state index contributed by atoms with van der Waals surface area (Å²) in [7, 11) is 0. The van der Waals surface area contributed by atoms with Gasteiger partial charge in [-0.15, -0.1) is 0 Å². The number of Topliss-reactive ketones (excluding diaryl/α,β-unsaturated/α-hetero) is 2. The fourth-order valence-corrected chi connectivity index (χ4v) is 6.98. The van der Waals surface area contributed by atoms with Crippen LogP contribution in [0, 0.1) is 28.6 Å². The SMILES string of the molecule is C[C@]12CCC(=O)C=C1CC[C@H]1[C@H]2C(=O)C[C@@]2(C)[C@@H]1CC[C@@]2(O)C(=O)CO.